The molecule has 0 aliphatic rings. The summed E-state index contributed by atoms with van der Waals surface area (Å²) in [6, 6.07) is 1.58. The van der Waals surface area contributed by atoms with Crippen molar-refractivity contribution in [2.24, 2.45) is 5.11 Å². The summed E-state index contributed by atoms with van der Waals surface area (Å²) in [7, 11) is 0. The van der Waals surface area contributed by atoms with E-state index in [-0.39, 0.29) is 0 Å². The van der Waals surface area contributed by atoms with E-state index in [1.807, 2.05) is 0 Å². The molecule has 2 N–H and O–H groups in total. The molecule has 92 valence electrons. The molecule has 0 fully saturated rings. The Balaban J connectivity index is 3.06. The Hall–Kier alpha value is -1.40. The molecule has 2 unspecified atom stereocenters. The smallest absolute Gasteiger partial charge is 0.142 e. The van der Waals surface area contributed by atoms with E-state index in [4.69, 9.17) is 17.1 Å². The van der Waals surface area contributed by atoms with Crippen molar-refractivity contribution in [2.75, 3.05) is 6.54 Å². The van der Waals surface area contributed by atoms with E-state index in [2.05, 4.69) is 10.0 Å². The second kappa shape index (κ2) is 5.79. The maximum absolute atomic E-state index is 13.3. The van der Waals surface area contributed by atoms with E-state index >= 15 is 0 Å². The Morgan fingerprint density at radius 2 is 1.94 bits per heavy atom. The molecule has 0 amide bonds. The zero-order valence-electron chi connectivity index (χ0n) is 8.39. The first-order valence-corrected chi connectivity index (χ1v) is 4.87. The molecule has 1 aromatic rings. The third kappa shape index (κ3) is 3.04. The van der Waals surface area contributed by atoms with Crippen LogP contribution in [0.1, 0.15) is 11.7 Å². The van der Waals surface area contributed by atoms with Gasteiger partial charge in [-0.1, -0.05) is 16.7 Å². The van der Waals surface area contributed by atoms with Crippen molar-refractivity contribution in [1.29, 1.82) is 0 Å². The van der Waals surface area contributed by atoms with Gasteiger partial charge in [-0.25, -0.2) is 8.78 Å². The topological polar surface area (TPSA) is 89.2 Å². The fourth-order valence-electron chi connectivity index (χ4n) is 1.23. The lowest BCUT2D eigenvalue weighted by Crippen LogP contribution is -2.22. The second-order valence-electron chi connectivity index (χ2n) is 3.18. The molecule has 5 nitrogen and oxygen atoms in total. The van der Waals surface area contributed by atoms with Crippen LogP contribution in [-0.2, 0) is 0 Å². The van der Waals surface area contributed by atoms with Crippen molar-refractivity contribution < 1.29 is 19.0 Å². The standard InChI is InChI=1S/C9H8ClF2N3O2/c10-8-5(12)2-1-4(11)7(8)9(17)6(16)3-14-15-13/h1-2,6,9,16-17H,3H2. The Morgan fingerprint density at radius 1 is 1.35 bits per heavy atom. The van der Waals surface area contributed by atoms with Crippen LogP contribution in [0.3, 0.4) is 0 Å². The van der Waals surface area contributed by atoms with Crippen LogP contribution in [0.4, 0.5) is 8.78 Å². The van der Waals surface area contributed by atoms with Gasteiger partial charge in [0.05, 0.1) is 17.7 Å². The normalized spacial score (nSPS) is 13.9. The molecular weight excluding hydrogens is 256 g/mol. The molecule has 8 heteroatoms. The van der Waals surface area contributed by atoms with Gasteiger partial charge in [-0.15, -0.1) is 0 Å². The lowest BCUT2D eigenvalue weighted by molar-refractivity contribution is 0.0221. The van der Waals surface area contributed by atoms with E-state index in [1.165, 1.54) is 0 Å². The summed E-state index contributed by atoms with van der Waals surface area (Å²) >= 11 is 5.48. The molecule has 2 atom stereocenters. The number of aliphatic hydroxyl groups is 2. The molecule has 0 aliphatic carbocycles. The first-order chi connectivity index (χ1) is 7.99. The Bertz CT molecular complexity index is 466. The van der Waals surface area contributed by atoms with Crippen molar-refractivity contribution in [1.82, 2.24) is 0 Å². The zero-order chi connectivity index (χ0) is 13.0. The average Bonchev–Trinajstić information content (AvgIpc) is 2.31. The van der Waals surface area contributed by atoms with E-state index < -0.39 is 41.0 Å². The summed E-state index contributed by atoms with van der Waals surface area (Å²) in [5.41, 5.74) is 7.46. The first-order valence-electron chi connectivity index (χ1n) is 4.49. The molecule has 0 aromatic heterocycles. The van der Waals surface area contributed by atoms with Crippen LogP contribution < -0.4 is 0 Å². The number of azide groups is 1. The minimum Gasteiger partial charge on any atom is -0.390 e. The zero-order valence-corrected chi connectivity index (χ0v) is 9.14. The molecule has 0 heterocycles. The molecule has 0 radical (unpaired) electrons. The summed E-state index contributed by atoms with van der Waals surface area (Å²) in [6.07, 6.45) is -3.34. The van der Waals surface area contributed by atoms with Crippen molar-refractivity contribution in [2.45, 2.75) is 12.2 Å². The molecule has 1 rings (SSSR count). The number of benzene rings is 1. The van der Waals surface area contributed by atoms with Crippen LogP contribution in [0.2, 0.25) is 5.02 Å². The molecule has 0 spiro atoms. The van der Waals surface area contributed by atoms with Crippen LogP contribution in [0.5, 0.6) is 0 Å². The SMILES string of the molecule is [N-]=[N+]=NCC(O)C(O)c1c(F)ccc(F)c1Cl. The summed E-state index contributed by atoms with van der Waals surface area (Å²) in [5, 5.41) is 21.4. The number of aliphatic hydroxyl groups excluding tert-OH is 2. The van der Waals surface area contributed by atoms with Gasteiger partial charge in [-0.05, 0) is 17.7 Å². The van der Waals surface area contributed by atoms with Crippen LogP contribution in [0.25, 0.3) is 10.4 Å². The summed E-state index contributed by atoms with van der Waals surface area (Å²) in [6.45, 7) is -0.482. The quantitative estimate of drug-likeness (QED) is 0.378. The highest BCUT2D eigenvalue weighted by Crippen LogP contribution is 2.30. The molecule has 0 bridgehead atoms. The largest absolute Gasteiger partial charge is 0.390 e. The molecule has 17 heavy (non-hydrogen) atoms. The van der Waals surface area contributed by atoms with E-state index in [1.54, 1.807) is 0 Å². The third-order valence-corrected chi connectivity index (χ3v) is 2.46. The summed E-state index contributed by atoms with van der Waals surface area (Å²) in [5.74, 6) is -1.87. The predicted molar refractivity (Wildman–Crippen MR) is 56.3 cm³/mol. The molecule has 0 saturated heterocycles. The van der Waals surface area contributed by atoms with Crippen molar-refractivity contribution >= 4 is 11.6 Å². The maximum atomic E-state index is 13.3. The van der Waals surface area contributed by atoms with Gasteiger partial charge >= 0.3 is 0 Å². The van der Waals surface area contributed by atoms with Gasteiger partial charge in [-0.3, -0.25) is 0 Å². The Morgan fingerprint density at radius 3 is 2.53 bits per heavy atom. The maximum Gasteiger partial charge on any atom is 0.142 e. The van der Waals surface area contributed by atoms with E-state index in [0.717, 1.165) is 12.1 Å². The van der Waals surface area contributed by atoms with Crippen LogP contribution in [-0.4, -0.2) is 22.9 Å². The molecule has 0 aliphatic heterocycles. The fraction of sp³-hybridized carbons (Fsp3) is 0.333. The van der Waals surface area contributed by atoms with E-state index in [9.17, 15) is 19.0 Å². The number of hydrogen-bond acceptors (Lipinski definition) is 3. The number of hydrogen-bond donors (Lipinski definition) is 2. The van der Waals surface area contributed by atoms with Gasteiger partial charge in [-0.2, -0.15) is 0 Å². The Kier molecular flexibility index (Phi) is 4.65. The highest BCUT2D eigenvalue weighted by Gasteiger charge is 2.25. The van der Waals surface area contributed by atoms with E-state index in [0.29, 0.717) is 0 Å². The number of nitrogens with zero attached hydrogens (tertiary/aromatic N) is 3. The van der Waals surface area contributed by atoms with Crippen molar-refractivity contribution in [3.05, 3.63) is 44.8 Å². The van der Waals surface area contributed by atoms with Crippen LogP contribution in [0, 0.1) is 11.6 Å². The van der Waals surface area contributed by atoms with Gasteiger partial charge in [0.1, 0.15) is 17.7 Å². The van der Waals surface area contributed by atoms with Gasteiger partial charge in [0.25, 0.3) is 0 Å². The monoisotopic (exact) mass is 263 g/mol. The van der Waals surface area contributed by atoms with Gasteiger partial charge in [0.2, 0.25) is 0 Å². The van der Waals surface area contributed by atoms with Crippen molar-refractivity contribution in [3.8, 4) is 0 Å². The summed E-state index contributed by atoms with van der Waals surface area (Å²) < 4.78 is 26.4. The highest BCUT2D eigenvalue weighted by molar-refractivity contribution is 6.31. The van der Waals surface area contributed by atoms with Crippen molar-refractivity contribution in [3.63, 3.8) is 0 Å². The second-order valence-corrected chi connectivity index (χ2v) is 3.56. The third-order valence-electron chi connectivity index (χ3n) is 2.07. The van der Waals surface area contributed by atoms with Gasteiger partial charge < -0.3 is 10.2 Å². The Labute approximate surface area is 99.9 Å². The predicted octanol–water partition coefficient (Wildman–Crippen LogP) is 2.32. The van der Waals surface area contributed by atoms with Crippen LogP contribution >= 0.6 is 11.6 Å². The number of rotatable bonds is 4. The summed E-state index contributed by atoms with van der Waals surface area (Å²) in [4.78, 5) is 2.37. The number of halogens is 3. The molecule has 1 aromatic carbocycles. The lowest BCUT2D eigenvalue weighted by Gasteiger charge is -2.18. The van der Waals surface area contributed by atoms with Gasteiger partial charge in [0, 0.05) is 10.5 Å². The molecular formula is C9H8ClF2N3O2. The fourth-order valence-corrected chi connectivity index (χ4v) is 1.49. The lowest BCUT2D eigenvalue weighted by atomic mass is 10.0. The minimum atomic E-state index is -1.77. The minimum absolute atomic E-state index is 0.482. The average molecular weight is 264 g/mol. The highest BCUT2D eigenvalue weighted by atomic mass is 35.5. The van der Waals surface area contributed by atoms with Gasteiger partial charge in [0.15, 0.2) is 0 Å². The van der Waals surface area contributed by atoms with Crippen LogP contribution in [0.15, 0.2) is 17.2 Å². The molecule has 0 saturated carbocycles. The first kappa shape index (κ1) is 13.7.